The van der Waals surface area contributed by atoms with Crippen molar-refractivity contribution in [2.45, 2.75) is 37.1 Å². The number of rotatable bonds is 3. The molecule has 0 aromatic carbocycles. The number of aliphatic hydroxyl groups is 1. The number of alkyl halides is 3. The summed E-state index contributed by atoms with van der Waals surface area (Å²) < 4.78 is 26.1. The molecule has 15 heavy (non-hydrogen) atoms. The molecule has 0 saturated carbocycles. The summed E-state index contributed by atoms with van der Waals surface area (Å²) in [7, 11) is 0. The summed E-state index contributed by atoms with van der Waals surface area (Å²) in [5, 5.41) is 9.74. The van der Waals surface area contributed by atoms with E-state index in [0.717, 1.165) is 6.54 Å². The first-order valence-corrected chi connectivity index (χ1v) is 6.05. The van der Waals surface area contributed by atoms with Gasteiger partial charge in [-0.2, -0.15) is 8.78 Å². The van der Waals surface area contributed by atoms with Gasteiger partial charge in [-0.1, -0.05) is 13.8 Å². The Kier molecular flexibility index (Phi) is 4.12. The molecule has 0 aliphatic carbocycles. The number of hydrogen-bond donors (Lipinski definition) is 1. The normalized spacial score (nSPS) is 23.4. The predicted octanol–water partition coefficient (Wildman–Crippen LogP) is 2.46. The smallest absolute Gasteiger partial charge is 0.329 e. The summed E-state index contributed by atoms with van der Waals surface area (Å²) >= 11 is 2.27. The van der Waals surface area contributed by atoms with Gasteiger partial charge in [0.2, 0.25) is 0 Å². The fourth-order valence-electron chi connectivity index (χ4n) is 1.91. The van der Waals surface area contributed by atoms with E-state index in [-0.39, 0.29) is 12.8 Å². The van der Waals surface area contributed by atoms with E-state index >= 15 is 0 Å². The SMILES string of the molecule is CC(C)CN1CCC(O)(C(F)(F)Br)CC1. The van der Waals surface area contributed by atoms with Gasteiger partial charge in [-0.3, -0.25) is 0 Å². The van der Waals surface area contributed by atoms with Crippen LogP contribution in [0.2, 0.25) is 0 Å². The van der Waals surface area contributed by atoms with Gasteiger partial charge in [-0.25, -0.2) is 0 Å². The molecule has 0 bridgehead atoms. The van der Waals surface area contributed by atoms with Crippen molar-refractivity contribution in [2.75, 3.05) is 19.6 Å². The van der Waals surface area contributed by atoms with Gasteiger partial charge in [0.05, 0.1) is 0 Å². The van der Waals surface area contributed by atoms with Crippen molar-refractivity contribution in [1.29, 1.82) is 0 Å². The average molecular weight is 286 g/mol. The maximum atomic E-state index is 13.0. The van der Waals surface area contributed by atoms with Crippen molar-refractivity contribution >= 4 is 15.9 Å². The van der Waals surface area contributed by atoms with E-state index in [0.29, 0.717) is 19.0 Å². The number of likely N-dealkylation sites (tertiary alicyclic amines) is 1. The van der Waals surface area contributed by atoms with Gasteiger partial charge in [0.25, 0.3) is 0 Å². The Morgan fingerprint density at radius 3 is 2.20 bits per heavy atom. The highest BCUT2D eigenvalue weighted by Crippen LogP contribution is 2.41. The number of piperidine rings is 1. The first-order chi connectivity index (χ1) is 6.74. The van der Waals surface area contributed by atoms with E-state index in [4.69, 9.17) is 0 Å². The summed E-state index contributed by atoms with van der Waals surface area (Å²) in [6, 6.07) is 0. The monoisotopic (exact) mass is 285 g/mol. The molecule has 1 aliphatic heterocycles. The van der Waals surface area contributed by atoms with E-state index in [1.54, 1.807) is 0 Å². The van der Waals surface area contributed by atoms with Crippen LogP contribution in [0.5, 0.6) is 0 Å². The minimum absolute atomic E-state index is 0.123. The maximum Gasteiger partial charge on any atom is 0.329 e. The van der Waals surface area contributed by atoms with Crippen molar-refractivity contribution in [1.82, 2.24) is 4.90 Å². The summed E-state index contributed by atoms with van der Waals surface area (Å²) in [6.07, 6.45) is 0.246. The van der Waals surface area contributed by atoms with Crippen molar-refractivity contribution in [3.8, 4) is 0 Å². The molecule has 0 atom stereocenters. The topological polar surface area (TPSA) is 23.5 Å². The molecule has 0 spiro atoms. The van der Waals surface area contributed by atoms with Crippen molar-refractivity contribution in [3.63, 3.8) is 0 Å². The Morgan fingerprint density at radius 2 is 1.87 bits per heavy atom. The van der Waals surface area contributed by atoms with E-state index in [1.165, 1.54) is 0 Å². The van der Waals surface area contributed by atoms with Gasteiger partial charge in [0.15, 0.2) is 0 Å². The van der Waals surface area contributed by atoms with Crippen LogP contribution in [0.15, 0.2) is 0 Å². The molecular formula is C10H18BrF2NO. The summed E-state index contributed by atoms with van der Waals surface area (Å²) in [5.41, 5.74) is -1.87. The first kappa shape index (κ1) is 13.3. The highest BCUT2D eigenvalue weighted by Gasteiger charge is 2.51. The van der Waals surface area contributed by atoms with Crippen LogP contribution in [0, 0.1) is 5.92 Å². The largest absolute Gasteiger partial charge is 0.383 e. The van der Waals surface area contributed by atoms with Crippen molar-refractivity contribution in [3.05, 3.63) is 0 Å². The van der Waals surface area contributed by atoms with Gasteiger partial charge >= 0.3 is 4.83 Å². The van der Waals surface area contributed by atoms with Crippen LogP contribution in [-0.4, -0.2) is 40.1 Å². The zero-order valence-corrected chi connectivity index (χ0v) is 10.7. The first-order valence-electron chi connectivity index (χ1n) is 5.26. The minimum atomic E-state index is -3.18. The fourth-order valence-corrected chi connectivity index (χ4v) is 2.30. The van der Waals surface area contributed by atoms with Gasteiger partial charge in [0, 0.05) is 19.6 Å². The third-order valence-corrected chi connectivity index (χ3v) is 3.57. The predicted molar refractivity (Wildman–Crippen MR) is 59.3 cm³/mol. The van der Waals surface area contributed by atoms with Crippen LogP contribution < -0.4 is 0 Å². The maximum absolute atomic E-state index is 13.0. The van der Waals surface area contributed by atoms with Gasteiger partial charge in [0.1, 0.15) is 5.60 Å². The number of hydrogen-bond acceptors (Lipinski definition) is 2. The Labute approximate surface area is 97.8 Å². The fraction of sp³-hybridized carbons (Fsp3) is 1.00. The van der Waals surface area contributed by atoms with Crippen molar-refractivity contribution < 1.29 is 13.9 Å². The highest BCUT2D eigenvalue weighted by molar-refractivity contribution is 9.10. The quantitative estimate of drug-likeness (QED) is 0.806. The second kappa shape index (κ2) is 4.63. The minimum Gasteiger partial charge on any atom is -0.383 e. The molecule has 2 nitrogen and oxygen atoms in total. The van der Waals surface area contributed by atoms with Crippen LogP contribution in [0.4, 0.5) is 8.78 Å². The summed E-state index contributed by atoms with van der Waals surface area (Å²) in [5.74, 6) is 0.528. The summed E-state index contributed by atoms with van der Waals surface area (Å²) in [4.78, 5) is -1.05. The molecule has 0 radical (unpaired) electrons. The van der Waals surface area contributed by atoms with Crippen LogP contribution in [0.1, 0.15) is 26.7 Å². The lowest BCUT2D eigenvalue weighted by molar-refractivity contribution is -0.143. The van der Waals surface area contributed by atoms with E-state index < -0.39 is 10.4 Å². The Hall–Kier alpha value is 0.260. The molecule has 0 aromatic heterocycles. The van der Waals surface area contributed by atoms with Crippen LogP contribution in [0.3, 0.4) is 0 Å². The van der Waals surface area contributed by atoms with E-state index in [9.17, 15) is 13.9 Å². The molecule has 1 rings (SSSR count). The molecule has 5 heteroatoms. The molecule has 1 fully saturated rings. The lowest BCUT2D eigenvalue weighted by Crippen LogP contribution is -2.53. The molecule has 1 heterocycles. The standard InChI is InChI=1S/C10H18BrF2NO/c1-8(2)7-14-5-3-9(15,4-6-14)10(11,12)13/h8,15H,3-7H2,1-2H3. The lowest BCUT2D eigenvalue weighted by Gasteiger charge is -2.40. The van der Waals surface area contributed by atoms with E-state index in [1.807, 2.05) is 0 Å². The zero-order valence-electron chi connectivity index (χ0n) is 9.14. The molecule has 1 saturated heterocycles. The molecule has 1 aliphatic rings. The number of halogens is 3. The molecule has 0 aromatic rings. The van der Waals surface area contributed by atoms with Gasteiger partial charge in [-0.15, -0.1) is 0 Å². The lowest BCUT2D eigenvalue weighted by atomic mass is 9.91. The highest BCUT2D eigenvalue weighted by atomic mass is 79.9. The van der Waals surface area contributed by atoms with E-state index in [2.05, 4.69) is 34.7 Å². The summed E-state index contributed by atoms with van der Waals surface area (Å²) in [6.45, 7) is 6.18. The van der Waals surface area contributed by atoms with Gasteiger partial charge in [-0.05, 0) is 34.7 Å². The Morgan fingerprint density at radius 1 is 1.40 bits per heavy atom. The Bertz CT molecular complexity index is 210. The van der Waals surface area contributed by atoms with Crippen molar-refractivity contribution in [2.24, 2.45) is 5.92 Å². The molecule has 90 valence electrons. The second-order valence-corrected chi connectivity index (χ2v) is 5.72. The third kappa shape index (κ3) is 3.36. The molecular weight excluding hydrogens is 268 g/mol. The molecule has 0 amide bonds. The Balaban J connectivity index is 2.48. The van der Waals surface area contributed by atoms with Gasteiger partial charge < -0.3 is 10.0 Å². The average Bonchev–Trinajstić information content (AvgIpc) is 2.06. The van der Waals surface area contributed by atoms with Crippen LogP contribution in [0.25, 0.3) is 0 Å². The number of nitrogens with zero attached hydrogens (tertiary/aromatic N) is 1. The third-order valence-electron chi connectivity index (χ3n) is 2.83. The molecule has 0 unspecified atom stereocenters. The second-order valence-electron chi connectivity index (χ2n) is 4.72. The zero-order chi connectivity index (χ0) is 11.7. The van der Waals surface area contributed by atoms with Crippen LogP contribution >= 0.6 is 15.9 Å². The van der Waals surface area contributed by atoms with Crippen LogP contribution in [-0.2, 0) is 0 Å². The molecule has 1 N–H and O–H groups in total.